The van der Waals surface area contributed by atoms with Crippen LogP contribution in [0.4, 0.5) is 0 Å². The Kier molecular flexibility index (Phi) is 8.10. The van der Waals surface area contributed by atoms with Gasteiger partial charge in [-0.1, -0.05) is 12.1 Å². The van der Waals surface area contributed by atoms with Crippen LogP contribution in [0.3, 0.4) is 0 Å². The molecule has 0 aromatic heterocycles. The van der Waals surface area contributed by atoms with E-state index in [-0.39, 0.29) is 19.1 Å². The topological polar surface area (TPSA) is 94.2 Å². The summed E-state index contributed by atoms with van der Waals surface area (Å²) < 4.78 is 15.5. The molecule has 0 spiro atoms. The number of hydrogen-bond donors (Lipinski definition) is 1. The number of carbonyl (C=O) groups excluding carboxylic acids is 3. The van der Waals surface area contributed by atoms with Gasteiger partial charge in [0.1, 0.15) is 0 Å². The van der Waals surface area contributed by atoms with Gasteiger partial charge < -0.3 is 24.4 Å². The Morgan fingerprint density at radius 1 is 1.08 bits per heavy atom. The first-order valence-corrected chi connectivity index (χ1v) is 7.42. The van der Waals surface area contributed by atoms with Crippen molar-refractivity contribution in [2.75, 3.05) is 40.5 Å². The maximum absolute atomic E-state index is 11.7. The van der Waals surface area contributed by atoms with Crippen LogP contribution in [-0.2, 0) is 19.1 Å². The third-order valence-electron chi connectivity index (χ3n) is 2.94. The third-order valence-corrected chi connectivity index (χ3v) is 2.94. The molecule has 0 radical (unpaired) electrons. The standard InChI is InChI=1S/C16H22N2O6/c1-4-22-12-7-5-6-8-13(12)23-11-16(21)24-10-15(20)18(3)9-14(19)17-2/h5-8H,4,9-11H2,1-3H3,(H,17,19). The fourth-order valence-corrected chi connectivity index (χ4v) is 1.66. The van der Waals surface area contributed by atoms with Crippen LogP contribution in [0.5, 0.6) is 11.5 Å². The normalized spacial score (nSPS) is 9.79. The quantitative estimate of drug-likeness (QED) is 0.647. The van der Waals surface area contributed by atoms with Crippen LogP contribution in [0.2, 0.25) is 0 Å². The van der Waals surface area contributed by atoms with Crippen molar-refractivity contribution < 1.29 is 28.6 Å². The highest BCUT2D eigenvalue weighted by Crippen LogP contribution is 2.26. The minimum Gasteiger partial charge on any atom is -0.490 e. The zero-order valence-corrected chi connectivity index (χ0v) is 14.0. The van der Waals surface area contributed by atoms with Gasteiger partial charge in [0, 0.05) is 14.1 Å². The van der Waals surface area contributed by atoms with Gasteiger partial charge in [0.2, 0.25) is 5.91 Å². The van der Waals surface area contributed by atoms with Gasteiger partial charge in [-0.15, -0.1) is 0 Å². The Labute approximate surface area is 140 Å². The summed E-state index contributed by atoms with van der Waals surface area (Å²) in [5.74, 6) is -0.550. The number of amides is 2. The van der Waals surface area contributed by atoms with E-state index in [0.717, 1.165) is 4.90 Å². The van der Waals surface area contributed by atoms with Gasteiger partial charge in [-0.2, -0.15) is 0 Å². The van der Waals surface area contributed by atoms with Crippen LogP contribution in [-0.4, -0.2) is 63.1 Å². The summed E-state index contributed by atoms with van der Waals surface area (Å²) in [6.45, 7) is 1.40. The SMILES string of the molecule is CCOc1ccccc1OCC(=O)OCC(=O)N(C)CC(=O)NC. The van der Waals surface area contributed by atoms with Gasteiger partial charge in [-0.3, -0.25) is 9.59 Å². The summed E-state index contributed by atoms with van der Waals surface area (Å²) in [5.41, 5.74) is 0. The van der Waals surface area contributed by atoms with E-state index in [0.29, 0.717) is 18.1 Å². The molecular formula is C16H22N2O6. The monoisotopic (exact) mass is 338 g/mol. The summed E-state index contributed by atoms with van der Waals surface area (Å²) in [4.78, 5) is 35.7. The van der Waals surface area contributed by atoms with Crippen molar-refractivity contribution in [3.63, 3.8) is 0 Å². The Morgan fingerprint density at radius 3 is 2.29 bits per heavy atom. The van der Waals surface area contributed by atoms with E-state index in [4.69, 9.17) is 14.2 Å². The van der Waals surface area contributed by atoms with Crippen molar-refractivity contribution in [1.82, 2.24) is 10.2 Å². The molecule has 1 aromatic rings. The molecule has 1 N–H and O–H groups in total. The first-order chi connectivity index (χ1) is 11.5. The number of ether oxygens (including phenoxy) is 3. The zero-order valence-electron chi connectivity index (χ0n) is 14.0. The molecule has 1 aromatic carbocycles. The van der Waals surface area contributed by atoms with E-state index in [2.05, 4.69) is 5.32 Å². The van der Waals surface area contributed by atoms with Gasteiger partial charge in [0.25, 0.3) is 5.91 Å². The van der Waals surface area contributed by atoms with Gasteiger partial charge in [0.15, 0.2) is 24.7 Å². The number of benzene rings is 1. The van der Waals surface area contributed by atoms with Crippen molar-refractivity contribution in [3.05, 3.63) is 24.3 Å². The molecule has 0 aliphatic heterocycles. The third kappa shape index (κ3) is 6.55. The predicted octanol–water partition coefficient (Wildman–Crippen LogP) is 0.212. The maximum atomic E-state index is 11.7. The minimum absolute atomic E-state index is 0.106. The Balaban J connectivity index is 2.39. The van der Waals surface area contributed by atoms with E-state index in [1.165, 1.54) is 14.1 Å². The molecule has 0 saturated carbocycles. The fraction of sp³-hybridized carbons (Fsp3) is 0.438. The van der Waals surface area contributed by atoms with Crippen LogP contribution < -0.4 is 14.8 Å². The summed E-state index contributed by atoms with van der Waals surface area (Å²) in [6, 6.07) is 6.93. The maximum Gasteiger partial charge on any atom is 0.344 e. The molecule has 0 saturated heterocycles. The second-order valence-electron chi connectivity index (χ2n) is 4.75. The van der Waals surface area contributed by atoms with E-state index < -0.39 is 18.5 Å². The lowest BCUT2D eigenvalue weighted by molar-refractivity contribution is -0.153. The second kappa shape index (κ2) is 10.1. The van der Waals surface area contributed by atoms with Crippen LogP contribution in [0.25, 0.3) is 0 Å². The first kappa shape index (κ1) is 19.3. The summed E-state index contributed by atoms with van der Waals surface area (Å²) >= 11 is 0. The summed E-state index contributed by atoms with van der Waals surface area (Å²) in [5, 5.41) is 2.40. The number of carbonyl (C=O) groups is 3. The number of para-hydroxylation sites is 2. The number of esters is 1. The van der Waals surface area contributed by atoms with Gasteiger partial charge in [0.05, 0.1) is 13.2 Å². The van der Waals surface area contributed by atoms with Crippen molar-refractivity contribution >= 4 is 17.8 Å². The summed E-state index contributed by atoms with van der Waals surface area (Å²) in [6.07, 6.45) is 0. The van der Waals surface area contributed by atoms with Crippen LogP contribution in [0.1, 0.15) is 6.92 Å². The molecule has 0 heterocycles. The molecule has 24 heavy (non-hydrogen) atoms. The molecule has 1 rings (SSSR count). The molecule has 0 aliphatic carbocycles. The highest BCUT2D eigenvalue weighted by molar-refractivity contribution is 5.86. The molecule has 132 valence electrons. The molecule has 8 heteroatoms. The molecule has 0 bridgehead atoms. The average molecular weight is 338 g/mol. The molecule has 0 unspecified atom stereocenters. The highest BCUT2D eigenvalue weighted by atomic mass is 16.6. The van der Waals surface area contributed by atoms with Crippen molar-refractivity contribution in [2.45, 2.75) is 6.92 Å². The van der Waals surface area contributed by atoms with E-state index >= 15 is 0 Å². The molecule has 0 atom stereocenters. The van der Waals surface area contributed by atoms with E-state index in [9.17, 15) is 14.4 Å². The first-order valence-electron chi connectivity index (χ1n) is 7.42. The number of hydrogen-bond acceptors (Lipinski definition) is 6. The average Bonchev–Trinajstić information content (AvgIpc) is 2.58. The fourth-order valence-electron chi connectivity index (χ4n) is 1.66. The van der Waals surface area contributed by atoms with Crippen molar-refractivity contribution in [1.29, 1.82) is 0 Å². The molecule has 0 fully saturated rings. The predicted molar refractivity (Wildman–Crippen MR) is 85.8 cm³/mol. The molecule has 0 aliphatic rings. The summed E-state index contributed by atoms with van der Waals surface area (Å²) in [7, 11) is 2.92. The van der Waals surface area contributed by atoms with Crippen molar-refractivity contribution in [3.8, 4) is 11.5 Å². The molecular weight excluding hydrogens is 316 g/mol. The van der Waals surface area contributed by atoms with Crippen molar-refractivity contribution in [2.24, 2.45) is 0 Å². The largest absolute Gasteiger partial charge is 0.490 e. The lowest BCUT2D eigenvalue weighted by Gasteiger charge is -2.16. The second-order valence-corrected chi connectivity index (χ2v) is 4.75. The Bertz CT molecular complexity index is 575. The Hall–Kier alpha value is -2.77. The smallest absolute Gasteiger partial charge is 0.344 e. The number of likely N-dealkylation sites (N-methyl/N-ethyl adjacent to an activating group) is 2. The molecule has 2 amide bonds. The number of nitrogens with zero attached hydrogens (tertiary/aromatic N) is 1. The minimum atomic E-state index is -0.692. The highest BCUT2D eigenvalue weighted by Gasteiger charge is 2.15. The van der Waals surface area contributed by atoms with Crippen LogP contribution in [0, 0.1) is 0 Å². The number of nitrogens with one attached hydrogen (secondary N) is 1. The zero-order chi connectivity index (χ0) is 17.9. The van der Waals surface area contributed by atoms with Gasteiger partial charge in [-0.25, -0.2) is 4.79 Å². The van der Waals surface area contributed by atoms with Crippen LogP contribution >= 0.6 is 0 Å². The van der Waals surface area contributed by atoms with E-state index in [1.54, 1.807) is 24.3 Å². The Morgan fingerprint density at radius 2 is 1.71 bits per heavy atom. The van der Waals surface area contributed by atoms with Crippen LogP contribution in [0.15, 0.2) is 24.3 Å². The van der Waals surface area contributed by atoms with Gasteiger partial charge in [-0.05, 0) is 19.1 Å². The molecule has 8 nitrogen and oxygen atoms in total. The lowest BCUT2D eigenvalue weighted by Crippen LogP contribution is -2.39. The number of rotatable bonds is 9. The van der Waals surface area contributed by atoms with E-state index in [1.807, 2.05) is 6.92 Å². The van der Waals surface area contributed by atoms with Gasteiger partial charge >= 0.3 is 5.97 Å². The lowest BCUT2D eigenvalue weighted by atomic mass is 10.3.